The molecule has 0 aromatic carbocycles. The van der Waals surface area contributed by atoms with Crippen LogP contribution in [0.1, 0.15) is 41.5 Å². The number of aromatic nitrogens is 2. The van der Waals surface area contributed by atoms with E-state index in [4.69, 9.17) is 9.84 Å². The highest BCUT2D eigenvalue weighted by molar-refractivity contribution is 7.99. The van der Waals surface area contributed by atoms with Crippen molar-refractivity contribution in [1.82, 2.24) is 20.0 Å². The van der Waals surface area contributed by atoms with Crippen LogP contribution >= 0.6 is 11.8 Å². The zero-order valence-electron chi connectivity index (χ0n) is 16.4. The van der Waals surface area contributed by atoms with E-state index in [1.165, 1.54) is 5.69 Å². The lowest BCUT2D eigenvalue weighted by Gasteiger charge is -2.27. The maximum atomic E-state index is 13.1. The van der Waals surface area contributed by atoms with Crippen LogP contribution in [0.15, 0.2) is 12.7 Å². The lowest BCUT2D eigenvalue weighted by Crippen LogP contribution is -2.39. The summed E-state index contributed by atoms with van der Waals surface area (Å²) in [5, 5.41) is 8.35. The molecule has 0 radical (unpaired) electrons. The van der Waals surface area contributed by atoms with Crippen molar-refractivity contribution in [3.63, 3.8) is 0 Å². The Hall–Kier alpha value is -1.31. The number of allylic oxidation sites excluding steroid dienone is 1. The van der Waals surface area contributed by atoms with Crippen LogP contribution < -0.4 is 5.32 Å². The summed E-state index contributed by atoms with van der Waals surface area (Å²) in [6.45, 7) is 10.7. The van der Waals surface area contributed by atoms with Gasteiger partial charge in [-0.3, -0.25) is 9.48 Å². The smallest absolute Gasteiger partial charge is 0.274 e. The maximum Gasteiger partial charge on any atom is 0.274 e. The predicted molar refractivity (Wildman–Crippen MR) is 111 cm³/mol. The van der Waals surface area contributed by atoms with Gasteiger partial charge in [0.25, 0.3) is 5.91 Å². The Labute approximate surface area is 166 Å². The number of carbonyl (C=O) groups is 1. The van der Waals surface area contributed by atoms with Gasteiger partial charge < -0.3 is 15.0 Å². The van der Waals surface area contributed by atoms with Gasteiger partial charge in [0, 0.05) is 55.1 Å². The molecule has 1 saturated heterocycles. The number of amides is 1. The van der Waals surface area contributed by atoms with Crippen molar-refractivity contribution in [2.24, 2.45) is 0 Å². The molecule has 1 aliphatic carbocycles. The minimum absolute atomic E-state index is 0.103. The van der Waals surface area contributed by atoms with Gasteiger partial charge in [0.05, 0.1) is 6.54 Å². The highest BCUT2D eigenvalue weighted by Gasteiger charge is 2.31. The SMILES string of the molecule is C=CCn1nc(C(=O)N2CCSCC2)c2c1CC[C@H](NCCCOCC)C2. The van der Waals surface area contributed by atoms with Crippen molar-refractivity contribution in [3.05, 3.63) is 29.6 Å². The number of fused-ring (bicyclic) bond motifs is 1. The van der Waals surface area contributed by atoms with Crippen molar-refractivity contribution in [1.29, 1.82) is 0 Å². The summed E-state index contributed by atoms with van der Waals surface area (Å²) in [5.74, 6) is 2.14. The van der Waals surface area contributed by atoms with Crippen molar-refractivity contribution in [3.8, 4) is 0 Å². The summed E-state index contributed by atoms with van der Waals surface area (Å²) < 4.78 is 7.40. The molecule has 6 nitrogen and oxygen atoms in total. The normalized spacial score (nSPS) is 19.7. The summed E-state index contributed by atoms with van der Waals surface area (Å²) in [7, 11) is 0. The number of hydrogen-bond donors (Lipinski definition) is 1. The molecular formula is C20H32N4O2S. The molecule has 27 heavy (non-hydrogen) atoms. The monoisotopic (exact) mass is 392 g/mol. The van der Waals surface area contributed by atoms with E-state index in [1.54, 1.807) is 0 Å². The molecule has 1 aromatic heterocycles. The molecule has 1 fully saturated rings. The van der Waals surface area contributed by atoms with Crippen molar-refractivity contribution in [2.75, 3.05) is 44.4 Å². The molecule has 2 heterocycles. The molecule has 0 spiro atoms. The fraction of sp³-hybridized carbons (Fsp3) is 0.700. The Morgan fingerprint density at radius 3 is 3.00 bits per heavy atom. The van der Waals surface area contributed by atoms with Crippen LogP contribution in [0.25, 0.3) is 0 Å². The first kappa shape index (κ1) is 20.4. The van der Waals surface area contributed by atoms with Gasteiger partial charge in [-0.2, -0.15) is 16.9 Å². The van der Waals surface area contributed by atoms with Crippen LogP contribution in [0.5, 0.6) is 0 Å². The third-order valence-corrected chi connectivity index (χ3v) is 6.19. The van der Waals surface area contributed by atoms with E-state index >= 15 is 0 Å². The third kappa shape index (κ3) is 5.15. The summed E-state index contributed by atoms with van der Waals surface area (Å²) >= 11 is 1.92. The van der Waals surface area contributed by atoms with Crippen LogP contribution in [0.3, 0.4) is 0 Å². The van der Waals surface area contributed by atoms with Gasteiger partial charge in [0.1, 0.15) is 0 Å². The van der Waals surface area contributed by atoms with E-state index in [0.29, 0.717) is 18.3 Å². The molecular weight excluding hydrogens is 360 g/mol. The van der Waals surface area contributed by atoms with Gasteiger partial charge >= 0.3 is 0 Å². The molecule has 0 saturated carbocycles. The van der Waals surface area contributed by atoms with Crippen LogP contribution in [0, 0.1) is 0 Å². The zero-order valence-corrected chi connectivity index (χ0v) is 17.2. The molecule has 0 bridgehead atoms. The standard InChI is InChI=1S/C20H32N4O2S/c1-3-9-24-18-7-6-16(21-8-5-12-26-4-2)15-17(18)19(22-24)20(25)23-10-13-27-14-11-23/h3,16,21H,1,4-15H2,2H3/t16-/m0/s1. The van der Waals surface area contributed by atoms with E-state index < -0.39 is 0 Å². The molecule has 1 amide bonds. The Kier molecular flexibility index (Phi) is 7.79. The van der Waals surface area contributed by atoms with Crippen molar-refractivity contribution < 1.29 is 9.53 Å². The number of nitrogens with zero attached hydrogens (tertiary/aromatic N) is 3. The highest BCUT2D eigenvalue weighted by atomic mass is 32.2. The van der Waals surface area contributed by atoms with Crippen molar-refractivity contribution >= 4 is 17.7 Å². The topological polar surface area (TPSA) is 59.4 Å². The predicted octanol–water partition coefficient (Wildman–Crippen LogP) is 2.13. The quantitative estimate of drug-likeness (QED) is 0.515. The number of carbonyl (C=O) groups excluding carboxylic acids is 1. The van der Waals surface area contributed by atoms with E-state index in [-0.39, 0.29) is 5.91 Å². The number of thioether (sulfide) groups is 1. The largest absolute Gasteiger partial charge is 0.382 e. The van der Waals surface area contributed by atoms with Crippen LogP contribution in [-0.2, 0) is 24.1 Å². The average Bonchev–Trinajstić information content (AvgIpc) is 3.06. The summed E-state index contributed by atoms with van der Waals surface area (Å²) in [4.78, 5) is 15.1. The van der Waals surface area contributed by atoms with Gasteiger partial charge in [0.2, 0.25) is 0 Å². The van der Waals surface area contributed by atoms with Gasteiger partial charge in [-0.05, 0) is 39.2 Å². The minimum atomic E-state index is 0.103. The van der Waals surface area contributed by atoms with Gasteiger partial charge in [-0.25, -0.2) is 0 Å². The van der Waals surface area contributed by atoms with Crippen LogP contribution in [0.4, 0.5) is 0 Å². The van der Waals surface area contributed by atoms with Gasteiger partial charge in [0.15, 0.2) is 5.69 Å². The first-order valence-electron chi connectivity index (χ1n) is 10.1. The third-order valence-electron chi connectivity index (χ3n) is 5.25. The van der Waals surface area contributed by atoms with Crippen LogP contribution in [0.2, 0.25) is 0 Å². The Bertz CT molecular complexity index is 640. The fourth-order valence-electron chi connectivity index (χ4n) is 3.85. The molecule has 2 aliphatic rings. The van der Waals surface area contributed by atoms with Crippen LogP contribution in [-0.4, -0.2) is 71.0 Å². The van der Waals surface area contributed by atoms with E-state index in [9.17, 15) is 4.79 Å². The number of rotatable bonds is 9. The Morgan fingerprint density at radius 2 is 2.26 bits per heavy atom. The molecule has 0 unspecified atom stereocenters. The van der Waals surface area contributed by atoms with E-state index in [2.05, 4.69) is 11.9 Å². The molecule has 150 valence electrons. The second kappa shape index (κ2) is 10.3. The molecule has 1 aliphatic heterocycles. The lowest BCUT2D eigenvalue weighted by atomic mass is 9.91. The molecule has 1 aromatic rings. The second-order valence-electron chi connectivity index (χ2n) is 7.09. The molecule has 1 N–H and O–H groups in total. The number of ether oxygens (including phenoxy) is 1. The van der Waals surface area contributed by atoms with E-state index in [0.717, 1.165) is 75.6 Å². The first-order chi connectivity index (χ1) is 13.2. The first-order valence-corrected chi connectivity index (χ1v) is 11.3. The number of nitrogens with one attached hydrogen (secondary N) is 1. The Balaban J connectivity index is 1.70. The molecule has 3 rings (SSSR count). The fourth-order valence-corrected chi connectivity index (χ4v) is 4.75. The summed E-state index contributed by atoms with van der Waals surface area (Å²) in [6.07, 6.45) is 5.80. The number of hydrogen-bond acceptors (Lipinski definition) is 5. The Morgan fingerprint density at radius 1 is 1.44 bits per heavy atom. The maximum absolute atomic E-state index is 13.1. The average molecular weight is 393 g/mol. The van der Waals surface area contributed by atoms with E-state index in [1.807, 2.05) is 34.3 Å². The van der Waals surface area contributed by atoms with Gasteiger partial charge in [-0.15, -0.1) is 6.58 Å². The highest BCUT2D eigenvalue weighted by Crippen LogP contribution is 2.26. The summed E-state index contributed by atoms with van der Waals surface area (Å²) in [5.41, 5.74) is 3.03. The zero-order chi connectivity index (χ0) is 19.1. The second-order valence-corrected chi connectivity index (χ2v) is 8.32. The molecule has 7 heteroatoms. The molecule has 1 atom stereocenters. The van der Waals surface area contributed by atoms with Gasteiger partial charge in [-0.1, -0.05) is 6.08 Å². The minimum Gasteiger partial charge on any atom is -0.382 e. The van der Waals surface area contributed by atoms with Crippen molar-refractivity contribution in [2.45, 2.75) is 45.2 Å². The lowest BCUT2D eigenvalue weighted by molar-refractivity contribution is 0.0764. The summed E-state index contributed by atoms with van der Waals surface area (Å²) in [6, 6.07) is 0.406.